The lowest BCUT2D eigenvalue weighted by atomic mass is 10.0. The van der Waals surface area contributed by atoms with Gasteiger partial charge in [0.2, 0.25) is 0 Å². The van der Waals surface area contributed by atoms with Gasteiger partial charge in [-0.15, -0.1) is 0 Å². The molecule has 0 bridgehead atoms. The summed E-state index contributed by atoms with van der Waals surface area (Å²) in [7, 11) is -2.42. The Bertz CT molecular complexity index is 1630. The first kappa shape index (κ1) is 36.6. The predicted molar refractivity (Wildman–Crippen MR) is 182 cm³/mol. The highest BCUT2D eigenvalue weighted by molar-refractivity contribution is 7.92. The van der Waals surface area contributed by atoms with E-state index in [1.54, 1.807) is 37.1 Å². The Hall–Kier alpha value is -4.20. The zero-order chi connectivity index (χ0) is 34.8. The van der Waals surface area contributed by atoms with Gasteiger partial charge >= 0.3 is 6.03 Å². The minimum atomic E-state index is -4.10. The molecule has 0 aromatic heterocycles. The quantitative estimate of drug-likeness (QED) is 0.282. The number of halogens is 1. The highest BCUT2D eigenvalue weighted by atomic mass is 32.2. The highest BCUT2D eigenvalue weighted by Gasteiger charge is 2.31. The number of nitrogens with one attached hydrogen (secondary N) is 2. The van der Waals surface area contributed by atoms with E-state index in [4.69, 9.17) is 9.47 Å². The van der Waals surface area contributed by atoms with Gasteiger partial charge in [0.05, 0.1) is 35.3 Å². The number of likely N-dealkylation sites (N-methyl/N-ethyl adjacent to an activating group) is 1. The minimum absolute atomic E-state index is 0.112. The summed E-state index contributed by atoms with van der Waals surface area (Å²) in [6.45, 7) is 6.08. The summed E-state index contributed by atoms with van der Waals surface area (Å²) >= 11 is 0. The number of sulfonamides is 1. The van der Waals surface area contributed by atoms with Crippen LogP contribution in [0.5, 0.6) is 5.75 Å². The fourth-order valence-corrected chi connectivity index (χ4v) is 6.42. The molecule has 1 aliphatic heterocycles. The summed E-state index contributed by atoms with van der Waals surface area (Å²) < 4.78 is 54.6. The van der Waals surface area contributed by atoms with Crippen LogP contribution in [0.25, 0.3) is 0 Å². The number of ether oxygens (including phenoxy) is 2. The van der Waals surface area contributed by atoms with E-state index in [9.17, 15) is 27.5 Å². The van der Waals surface area contributed by atoms with E-state index in [0.717, 1.165) is 37.1 Å². The number of rotatable bonds is 8. The van der Waals surface area contributed by atoms with Gasteiger partial charge in [0.15, 0.2) is 0 Å². The molecule has 0 saturated heterocycles. The van der Waals surface area contributed by atoms with Crippen molar-refractivity contribution in [3.63, 3.8) is 0 Å². The second-order valence-electron chi connectivity index (χ2n) is 12.2. The molecule has 0 radical (unpaired) electrons. The number of nitrogens with zero attached hydrogens (tertiary/aromatic N) is 2. The summed E-state index contributed by atoms with van der Waals surface area (Å²) in [5, 5.41) is 13.1. The van der Waals surface area contributed by atoms with Crippen LogP contribution < -0.4 is 14.8 Å². The molecular weight excluding hydrogens is 639 g/mol. The summed E-state index contributed by atoms with van der Waals surface area (Å²) in [6, 6.07) is 17.1. The van der Waals surface area contributed by atoms with Crippen molar-refractivity contribution in [1.29, 1.82) is 0 Å². The Morgan fingerprint density at radius 3 is 2.46 bits per heavy atom. The van der Waals surface area contributed by atoms with E-state index in [1.165, 1.54) is 17.0 Å². The van der Waals surface area contributed by atoms with E-state index in [0.29, 0.717) is 18.7 Å². The average molecular weight is 685 g/mol. The second kappa shape index (κ2) is 16.8. The first-order chi connectivity index (χ1) is 22.9. The molecule has 1 aliphatic rings. The highest BCUT2D eigenvalue weighted by Crippen LogP contribution is 2.29. The Kier molecular flexibility index (Phi) is 12.8. The van der Waals surface area contributed by atoms with Gasteiger partial charge in [-0.3, -0.25) is 9.52 Å². The molecular formula is C35H45FN4O7S. The van der Waals surface area contributed by atoms with Gasteiger partial charge in [-0.2, -0.15) is 0 Å². The fourth-order valence-electron chi connectivity index (χ4n) is 5.37. The number of carbonyl (C=O) groups is 2. The van der Waals surface area contributed by atoms with E-state index in [-0.39, 0.29) is 59.6 Å². The van der Waals surface area contributed by atoms with Crippen LogP contribution in [0.4, 0.5) is 20.6 Å². The Morgan fingerprint density at radius 1 is 1.06 bits per heavy atom. The van der Waals surface area contributed by atoms with Gasteiger partial charge in [0.25, 0.3) is 15.9 Å². The largest absolute Gasteiger partial charge is 0.490 e. The molecule has 4 rings (SSSR count). The molecule has 11 nitrogen and oxygen atoms in total. The molecule has 48 heavy (non-hydrogen) atoms. The molecule has 3 aromatic rings. The number of aliphatic hydroxyl groups is 1. The molecule has 3 amide bonds. The number of anilines is 2. The SMILES string of the molecule is C[C@H]1CCCCO[C@@H](CN(C)C(=O)Nc2ccccc2)[C@@H](C)CN([C@@H](C)CO)C(=O)c2cc(NS(=O)(=O)c3ccc(F)cc3)ccc2O1. The normalized spacial score (nSPS) is 20.1. The average Bonchev–Trinajstić information content (AvgIpc) is 3.06. The number of amides is 3. The van der Waals surface area contributed by atoms with Gasteiger partial charge in [-0.1, -0.05) is 25.1 Å². The monoisotopic (exact) mass is 684 g/mol. The molecule has 260 valence electrons. The molecule has 3 N–H and O–H groups in total. The van der Waals surface area contributed by atoms with Crippen molar-refractivity contribution in [3.8, 4) is 5.75 Å². The third-order valence-corrected chi connectivity index (χ3v) is 9.65. The molecule has 13 heteroatoms. The van der Waals surface area contributed by atoms with E-state index >= 15 is 0 Å². The standard InChI is InChI=1S/C35H45FN4O7S/c1-24-21-40(25(2)23-41)34(42)31-20-29(38-48(44,45)30-16-13-27(36)14-17-30)15-18-32(31)47-26(3)10-8-9-19-46-33(24)22-39(4)35(43)37-28-11-6-5-7-12-28/h5-7,11-18,20,24-26,33,38,41H,8-10,19,21-23H2,1-4H3,(H,37,43)/t24-,25-,26-,33-/m0/s1. The molecule has 0 fully saturated rings. The zero-order valence-electron chi connectivity index (χ0n) is 27.8. The van der Waals surface area contributed by atoms with Gasteiger partial charge < -0.3 is 29.7 Å². The molecule has 0 unspecified atom stereocenters. The molecule has 0 saturated carbocycles. The van der Waals surface area contributed by atoms with Crippen molar-refractivity contribution in [2.75, 3.05) is 43.4 Å². The van der Waals surface area contributed by atoms with Crippen molar-refractivity contribution >= 4 is 33.3 Å². The number of aliphatic hydroxyl groups excluding tert-OH is 1. The van der Waals surface area contributed by atoms with Gasteiger partial charge in [0.1, 0.15) is 11.6 Å². The lowest BCUT2D eigenvalue weighted by molar-refractivity contribution is -0.0115. The van der Waals surface area contributed by atoms with Gasteiger partial charge in [-0.05, 0) is 87.7 Å². The Balaban J connectivity index is 1.63. The van der Waals surface area contributed by atoms with E-state index in [1.807, 2.05) is 32.0 Å². The number of fused-ring (bicyclic) bond motifs is 1. The number of carbonyl (C=O) groups excluding carboxylic acids is 2. The Labute approximate surface area is 282 Å². The number of benzene rings is 3. The first-order valence-electron chi connectivity index (χ1n) is 16.1. The topological polar surface area (TPSA) is 138 Å². The zero-order valence-corrected chi connectivity index (χ0v) is 28.6. The number of urea groups is 1. The predicted octanol–water partition coefficient (Wildman–Crippen LogP) is 5.59. The first-order valence-corrected chi connectivity index (χ1v) is 17.6. The van der Waals surface area contributed by atoms with Gasteiger partial charge in [-0.25, -0.2) is 17.6 Å². The molecule has 4 atom stereocenters. The van der Waals surface area contributed by atoms with Crippen LogP contribution in [0.3, 0.4) is 0 Å². The third-order valence-electron chi connectivity index (χ3n) is 8.25. The summed E-state index contributed by atoms with van der Waals surface area (Å²) in [6.07, 6.45) is 1.50. The Morgan fingerprint density at radius 2 is 1.77 bits per heavy atom. The lowest BCUT2D eigenvalue weighted by Gasteiger charge is -2.35. The van der Waals surface area contributed by atoms with Crippen molar-refractivity contribution in [1.82, 2.24) is 9.80 Å². The van der Waals surface area contributed by atoms with Crippen LogP contribution in [-0.2, 0) is 14.8 Å². The summed E-state index contributed by atoms with van der Waals surface area (Å²) in [5.41, 5.74) is 0.889. The van der Waals surface area contributed by atoms with Crippen LogP contribution in [-0.4, -0.2) is 86.9 Å². The maximum absolute atomic E-state index is 14.3. The number of hydrogen-bond donors (Lipinski definition) is 3. The maximum Gasteiger partial charge on any atom is 0.321 e. The van der Waals surface area contributed by atoms with Crippen molar-refractivity contribution in [3.05, 3.63) is 84.2 Å². The summed E-state index contributed by atoms with van der Waals surface area (Å²) in [5.74, 6) is -1.04. The smallest absolute Gasteiger partial charge is 0.321 e. The molecule has 0 aliphatic carbocycles. The van der Waals surface area contributed by atoms with Crippen molar-refractivity contribution in [2.24, 2.45) is 5.92 Å². The molecule has 3 aromatic carbocycles. The molecule has 0 spiro atoms. The van der Waals surface area contributed by atoms with Crippen LogP contribution in [0, 0.1) is 11.7 Å². The molecule has 1 heterocycles. The van der Waals surface area contributed by atoms with Crippen LogP contribution in [0.15, 0.2) is 77.7 Å². The lowest BCUT2D eigenvalue weighted by Crippen LogP contribution is -2.48. The van der Waals surface area contributed by atoms with E-state index in [2.05, 4.69) is 10.0 Å². The minimum Gasteiger partial charge on any atom is -0.490 e. The van der Waals surface area contributed by atoms with Crippen molar-refractivity contribution in [2.45, 2.75) is 63.2 Å². The number of hydrogen-bond acceptors (Lipinski definition) is 7. The van der Waals surface area contributed by atoms with E-state index < -0.39 is 33.9 Å². The van der Waals surface area contributed by atoms with Crippen LogP contribution in [0.2, 0.25) is 0 Å². The fraction of sp³-hybridized carbons (Fsp3) is 0.429. The third kappa shape index (κ3) is 9.91. The summed E-state index contributed by atoms with van der Waals surface area (Å²) in [4.78, 5) is 30.3. The second-order valence-corrected chi connectivity index (χ2v) is 13.9. The van der Waals surface area contributed by atoms with Crippen molar-refractivity contribution < 1.29 is 37.0 Å². The maximum atomic E-state index is 14.3. The van der Waals surface area contributed by atoms with Crippen LogP contribution >= 0.6 is 0 Å². The van der Waals surface area contributed by atoms with Crippen LogP contribution in [0.1, 0.15) is 50.4 Å². The van der Waals surface area contributed by atoms with Gasteiger partial charge in [0, 0.05) is 44.0 Å². The number of para-hydroxylation sites is 1.